The predicted molar refractivity (Wildman–Crippen MR) is 70.1 cm³/mol. The molecule has 0 aromatic heterocycles. The highest BCUT2D eigenvalue weighted by molar-refractivity contribution is 5.80. The molecule has 4 heteroatoms. The minimum Gasteiger partial charge on any atom is -0.481 e. The first-order chi connectivity index (χ1) is 8.60. The molecule has 4 nitrogen and oxygen atoms in total. The lowest BCUT2D eigenvalue weighted by Gasteiger charge is -2.27. The summed E-state index contributed by atoms with van der Waals surface area (Å²) in [6, 6.07) is -0.146. The normalized spacial score (nSPS) is 18.9. The summed E-state index contributed by atoms with van der Waals surface area (Å²) in [6.07, 6.45) is 6.40. The van der Waals surface area contributed by atoms with Gasteiger partial charge < -0.3 is 10.0 Å². The molecule has 0 saturated carbocycles. The number of hydrogen-bond donors (Lipinski definition) is 1. The van der Waals surface area contributed by atoms with E-state index in [1.165, 1.54) is 0 Å². The Balaban J connectivity index is 2.69. The van der Waals surface area contributed by atoms with Gasteiger partial charge in [-0.2, -0.15) is 0 Å². The first-order valence-electron chi connectivity index (χ1n) is 6.34. The molecule has 0 bridgehead atoms. The number of nitrogens with zero attached hydrogens (tertiary/aromatic N) is 1. The quantitative estimate of drug-likeness (QED) is 0.706. The molecule has 0 aliphatic carbocycles. The van der Waals surface area contributed by atoms with Crippen LogP contribution in [-0.4, -0.2) is 34.5 Å². The highest BCUT2D eigenvalue weighted by atomic mass is 16.4. The lowest BCUT2D eigenvalue weighted by molar-refractivity contribution is -0.141. The maximum atomic E-state index is 12.4. The molecule has 0 radical (unpaired) electrons. The van der Waals surface area contributed by atoms with Crippen LogP contribution in [0.5, 0.6) is 0 Å². The average Bonchev–Trinajstić information content (AvgIpc) is 2.75. The third-order valence-electron chi connectivity index (χ3n) is 3.32. The summed E-state index contributed by atoms with van der Waals surface area (Å²) in [6.45, 7) is 7.99. The molecule has 1 aliphatic heterocycles. The van der Waals surface area contributed by atoms with Crippen molar-refractivity contribution in [2.75, 3.05) is 6.54 Å². The molecule has 1 heterocycles. The molecule has 1 rings (SSSR count). The number of amides is 1. The van der Waals surface area contributed by atoms with E-state index >= 15 is 0 Å². The third kappa shape index (κ3) is 3.72. The van der Waals surface area contributed by atoms with Crippen molar-refractivity contribution in [2.45, 2.75) is 38.1 Å². The van der Waals surface area contributed by atoms with Gasteiger partial charge in [-0.25, -0.2) is 0 Å². The van der Waals surface area contributed by atoms with Gasteiger partial charge in [-0.1, -0.05) is 12.2 Å². The van der Waals surface area contributed by atoms with Gasteiger partial charge in [0.25, 0.3) is 0 Å². The molecule has 0 aromatic carbocycles. The first-order valence-corrected chi connectivity index (χ1v) is 6.34. The van der Waals surface area contributed by atoms with E-state index in [1.54, 1.807) is 17.1 Å². The van der Waals surface area contributed by atoms with Gasteiger partial charge in [-0.3, -0.25) is 9.59 Å². The van der Waals surface area contributed by atoms with Crippen LogP contribution in [-0.2, 0) is 9.59 Å². The largest absolute Gasteiger partial charge is 0.481 e. The van der Waals surface area contributed by atoms with Crippen LogP contribution in [0.4, 0.5) is 0 Å². The summed E-state index contributed by atoms with van der Waals surface area (Å²) >= 11 is 0. The fourth-order valence-electron chi connectivity index (χ4n) is 2.47. The van der Waals surface area contributed by atoms with E-state index < -0.39 is 5.97 Å². The molecular weight excluding hydrogens is 230 g/mol. The second-order valence-electron chi connectivity index (χ2n) is 4.67. The molecule has 100 valence electrons. The first kappa shape index (κ1) is 14.5. The van der Waals surface area contributed by atoms with E-state index in [2.05, 4.69) is 13.2 Å². The number of carbonyl (C=O) groups excluding carboxylic acids is 1. The summed E-state index contributed by atoms with van der Waals surface area (Å²) in [7, 11) is 0. The van der Waals surface area contributed by atoms with Gasteiger partial charge in [-0.05, 0) is 25.7 Å². The Morgan fingerprint density at radius 1 is 1.33 bits per heavy atom. The Hall–Kier alpha value is -1.58. The minimum atomic E-state index is -0.844. The van der Waals surface area contributed by atoms with Gasteiger partial charge in [0.2, 0.25) is 5.91 Å². The van der Waals surface area contributed by atoms with Crippen molar-refractivity contribution >= 4 is 11.9 Å². The summed E-state index contributed by atoms with van der Waals surface area (Å²) in [5.41, 5.74) is 0. The van der Waals surface area contributed by atoms with Crippen LogP contribution in [0, 0.1) is 5.92 Å². The van der Waals surface area contributed by atoms with Crippen LogP contribution in [0.1, 0.15) is 32.1 Å². The van der Waals surface area contributed by atoms with E-state index in [4.69, 9.17) is 5.11 Å². The van der Waals surface area contributed by atoms with Crippen LogP contribution in [0.25, 0.3) is 0 Å². The van der Waals surface area contributed by atoms with Crippen molar-refractivity contribution in [1.29, 1.82) is 0 Å². The second kappa shape index (κ2) is 6.99. The fraction of sp³-hybridized carbons (Fsp3) is 0.571. The van der Waals surface area contributed by atoms with E-state index in [9.17, 15) is 9.59 Å². The van der Waals surface area contributed by atoms with Gasteiger partial charge in [0.05, 0.1) is 6.42 Å². The second-order valence-corrected chi connectivity index (χ2v) is 4.67. The molecular formula is C14H21NO3. The van der Waals surface area contributed by atoms with Crippen LogP contribution >= 0.6 is 0 Å². The molecule has 0 spiro atoms. The van der Waals surface area contributed by atoms with Gasteiger partial charge in [0.15, 0.2) is 0 Å². The zero-order valence-electron chi connectivity index (χ0n) is 10.7. The van der Waals surface area contributed by atoms with Crippen LogP contribution in [0.2, 0.25) is 0 Å². The summed E-state index contributed by atoms with van der Waals surface area (Å²) in [5.74, 6) is -0.948. The zero-order valence-corrected chi connectivity index (χ0v) is 10.7. The highest BCUT2D eigenvalue weighted by Gasteiger charge is 2.33. The summed E-state index contributed by atoms with van der Waals surface area (Å²) in [4.78, 5) is 24.9. The van der Waals surface area contributed by atoms with Gasteiger partial charge >= 0.3 is 5.97 Å². The SMILES string of the molecule is C=CCC(CC=C)C(=O)N1CCCC1CC(=O)O. The fourth-order valence-corrected chi connectivity index (χ4v) is 2.47. The topological polar surface area (TPSA) is 57.6 Å². The van der Waals surface area contributed by atoms with Crippen LogP contribution < -0.4 is 0 Å². The standard InChI is InChI=1S/C14H21NO3/c1-3-6-11(7-4-2)14(18)15-9-5-8-12(15)10-13(16)17/h3-4,11-12H,1-2,5-10H2,(H,16,17). The van der Waals surface area contributed by atoms with Crippen molar-refractivity contribution < 1.29 is 14.7 Å². The number of carboxylic acids is 1. The van der Waals surface area contributed by atoms with E-state index in [0.717, 1.165) is 12.8 Å². The molecule has 1 unspecified atom stereocenters. The maximum absolute atomic E-state index is 12.4. The van der Waals surface area contributed by atoms with Crippen molar-refractivity contribution in [3.05, 3.63) is 25.3 Å². The number of aliphatic carboxylic acids is 1. The van der Waals surface area contributed by atoms with Gasteiger partial charge in [0.1, 0.15) is 0 Å². The monoisotopic (exact) mass is 251 g/mol. The Kier molecular flexibility index (Phi) is 5.62. The summed E-state index contributed by atoms with van der Waals surface area (Å²) in [5, 5.41) is 8.85. The zero-order chi connectivity index (χ0) is 13.5. The number of carboxylic acid groups (broad SMARTS) is 1. The van der Waals surface area contributed by atoms with Crippen molar-refractivity contribution in [2.24, 2.45) is 5.92 Å². The average molecular weight is 251 g/mol. The number of rotatable bonds is 7. The third-order valence-corrected chi connectivity index (χ3v) is 3.32. The van der Waals surface area contributed by atoms with Crippen molar-refractivity contribution in [1.82, 2.24) is 4.90 Å². The Bertz CT molecular complexity index is 328. The molecule has 0 aromatic rings. The van der Waals surface area contributed by atoms with E-state index in [0.29, 0.717) is 19.4 Å². The molecule has 1 fully saturated rings. The minimum absolute atomic E-state index is 0.0403. The number of hydrogen-bond acceptors (Lipinski definition) is 2. The van der Waals surface area contributed by atoms with Gasteiger partial charge in [-0.15, -0.1) is 13.2 Å². The molecule has 1 N–H and O–H groups in total. The van der Waals surface area contributed by atoms with Crippen molar-refractivity contribution in [3.63, 3.8) is 0 Å². The van der Waals surface area contributed by atoms with E-state index in [-0.39, 0.29) is 24.3 Å². The molecule has 18 heavy (non-hydrogen) atoms. The molecule has 1 amide bonds. The predicted octanol–water partition coefficient (Wildman–Crippen LogP) is 2.22. The Morgan fingerprint density at radius 3 is 2.44 bits per heavy atom. The van der Waals surface area contributed by atoms with Crippen LogP contribution in [0.3, 0.4) is 0 Å². The lowest BCUT2D eigenvalue weighted by atomic mass is 9.99. The number of allylic oxidation sites excluding steroid dienone is 2. The summed E-state index contributed by atoms with van der Waals surface area (Å²) < 4.78 is 0. The molecule has 1 atom stereocenters. The molecule has 1 aliphatic rings. The smallest absolute Gasteiger partial charge is 0.305 e. The molecule has 1 saturated heterocycles. The Morgan fingerprint density at radius 2 is 1.94 bits per heavy atom. The van der Waals surface area contributed by atoms with E-state index in [1.807, 2.05) is 0 Å². The maximum Gasteiger partial charge on any atom is 0.305 e. The van der Waals surface area contributed by atoms with Crippen LogP contribution in [0.15, 0.2) is 25.3 Å². The van der Waals surface area contributed by atoms with Gasteiger partial charge in [0, 0.05) is 18.5 Å². The Labute approximate surface area is 108 Å². The highest BCUT2D eigenvalue weighted by Crippen LogP contribution is 2.24. The number of carbonyl (C=O) groups is 2. The van der Waals surface area contributed by atoms with Crippen molar-refractivity contribution in [3.8, 4) is 0 Å². The number of likely N-dealkylation sites (tertiary alicyclic amines) is 1. The lowest BCUT2D eigenvalue weighted by Crippen LogP contribution is -2.40.